The van der Waals surface area contributed by atoms with Crippen molar-refractivity contribution in [3.63, 3.8) is 0 Å². The van der Waals surface area contributed by atoms with Gasteiger partial charge in [0.05, 0.1) is 6.10 Å². The van der Waals surface area contributed by atoms with E-state index < -0.39 is 6.10 Å². The first-order valence-corrected chi connectivity index (χ1v) is 7.39. The molecule has 0 saturated heterocycles. The number of para-hydroxylation sites is 1. The molecule has 0 spiro atoms. The van der Waals surface area contributed by atoms with Crippen LogP contribution in [0.3, 0.4) is 0 Å². The number of ether oxygens (including phenoxy) is 1. The third-order valence-electron chi connectivity index (χ3n) is 3.25. The Labute approximate surface area is 130 Å². The molecule has 4 nitrogen and oxygen atoms in total. The van der Waals surface area contributed by atoms with E-state index in [0.29, 0.717) is 25.1 Å². The van der Waals surface area contributed by atoms with Crippen molar-refractivity contribution in [1.29, 1.82) is 0 Å². The molecule has 116 valence electrons. The van der Waals surface area contributed by atoms with Gasteiger partial charge in [0.15, 0.2) is 0 Å². The summed E-state index contributed by atoms with van der Waals surface area (Å²) in [6.45, 7) is 2.49. The van der Waals surface area contributed by atoms with Gasteiger partial charge in [-0.2, -0.15) is 0 Å². The maximum Gasteiger partial charge on any atom is 0.251 e. The lowest BCUT2D eigenvalue weighted by Crippen LogP contribution is -2.27. The van der Waals surface area contributed by atoms with E-state index in [4.69, 9.17) is 4.74 Å². The Hall–Kier alpha value is -2.33. The predicted octanol–water partition coefficient (Wildman–Crippen LogP) is 2.77. The van der Waals surface area contributed by atoms with E-state index >= 15 is 0 Å². The van der Waals surface area contributed by atoms with Gasteiger partial charge in [-0.15, -0.1) is 0 Å². The maximum absolute atomic E-state index is 12.2. The molecule has 2 aromatic carbocycles. The number of rotatable bonds is 7. The standard InChI is InChI=1S/C18H21NO3/c1-14(20)11-12-19-18(21)17-10-6-5-7-15(17)13-22-16-8-3-2-4-9-16/h2-10,14,20H,11-13H2,1H3,(H,19,21). The first kappa shape index (κ1) is 16.0. The van der Waals surface area contributed by atoms with Gasteiger partial charge in [0.25, 0.3) is 5.91 Å². The van der Waals surface area contributed by atoms with E-state index in [1.165, 1.54) is 0 Å². The molecule has 1 amide bonds. The minimum atomic E-state index is -0.419. The van der Waals surface area contributed by atoms with Gasteiger partial charge in [0.1, 0.15) is 12.4 Å². The molecule has 1 atom stereocenters. The van der Waals surface area contributed by atoms with Crippen LogP contribution in [-0.4, -0.2) is 23.7 Å². The van der Waals surface area contributed by atoms with Crippen LogP contribution in [0.2, 0.25) is 0 Å². The number of carbonyl (C=O) groups is 1. The summed E-state index contributed by atoms with van der Waals surface area (Å²) >= 11 is 0. The Bertz CT molecular complexity index is 596. The second kappa shape index (κ2) is 8.20. The monoisotopic (exact) mass is 299 g/mol. The molecule has 2 rings (SSSR count). The number of amides is 1. The quantitative estimate of drug-likeness (QED) is 0.826. The number of aliphatic hydroxyl groups is 1. The van der Waals surface area contributed by atoms with Gasteiger partial charge in [-0.1, -0.05) is 36.4 Å². The molecule has 0 aliphatic carbocycles. The van der Waals surface area contributed by atoms with E-state index in [2.05, 4.69) is 5.32 Å². The molecule has 0 radical (unpaired) electrons. The molecule has 22 heavy (non-hydrogen) atoms. The topological polar surface area (TPSA) is 58.6 Å². The molecule has 0 fully saturated rings. The predicted molar refractivity (Wildman–Crippen MR) is 85.8 cm³/mol. The van der Waals surface area contributed by atoms with Crippen LogP contribution in [0.15, 0.2) is 54.6 Å². The maximum atomic E-state index is 12.2. The summed E-state index contributed by atoms with van der Waals surface area (Å²) in [6, 6.07) is 16.9. The van der Waals surface area contributed by atoms with Crippen LogP contribution < -0.4 is 10.1 Å². The molecule has 0 saturated carbocycles. The minimum absolute atomic E-state index is 0.145. The lowest BCUT2D eigenvalue weighted by atomic mass is 10.1. The fourth-order valence-electron chi connectivity index (χ4n) is 2.04. The Morgan fingerprint density at radius 1 is 1.14 bits per heavy atom. The summed E-state index contributed by atoms with van der Waals surface area (Å²) in [5, 5.41) is 12.0. The average molecular weight is 299 g/mol. The van der Waals surface area contributed by atoms with Crippen molar-refractivity contribution >= 4 is 5.91 Å². The first-order chi connectivity index (χ1) is 10.7. The van der Waals surface area contributed by atoms with Gasteiger partial charge in [0.2, 0.25) is 0 Å². The summed E-state index contributed by atoms with van der Waals surface area (Å²) in [7, 11) is 0. The van der Waals surface area contributed by atoms with Crippen molar-refractivity contribution in [2.75, 3.05) is 6.54 Å². The third kappa shape index (κ3) is 4.90. The van der Waals surface area contributed by atoms with Gasteiger partial charge in [-0.05, 0) is 31.5 Å². The molecule has 2 aromatic rings. The number of hydrogen-bond acceptors (Lipinski definition) is 3. The summed E-state index contributed by atoms with van der Waals surface area (Å²) in [5.41, 5.74) is 1.44. The molecular weight excluding hydrogens is 278 g/mol. The normalized spacial score (nSPS) is 11.7. The zero-order valence-corrected chi connectivity index (χ0v) is 12.7. The zero-order chi connectivity index (χ0) is 15.8. The van der Waals surface area contributed by atoms with Crippen molar-refractivity contribution in [1.82, 2.24) is 5.32 Å². The van der Waals surface area contributed by atoms with E-state index in [1.807, 2.05) is 48.5 Å². The highest BCUT2D eigenvalue weighted by atomic mass is 16.5. The van der Waals surface area contributed by atoms with Gasteiger partial charge in [-0.25, -0.2) is 0 Å². The summed E-state index contributed by atoms with van der Waals surface area (Å²) in [5.74, 6) is 0.625. The van der Waals surface area contributed by atoms with Crippen molar-refractivity contribution in [3.05, 3.63) is 65.7 Å². The fourth-order valence-corrected chi connectivity index (χ4v) is 2.04. The Kier molecular flexibility index (Phi) is 5.98. The SMILES string of the molecule is CC(O)CCNC(=O)c1ccccc1COc1ccccc1. The average Bonchev–Trinajstić information content (AvgIpc) is 2.54. The molecule has 0 heterocycles. The van der Waals surface area contributed by atoms with Crippen molar-refractivity contribution in [2.24, 2.45) is 0 Å². The molecule has 1 unspecified atom stereocenters. The summed E-state index contributed by atoms with van der Waals surface area (Å²) in [4.78, 5) is 12.2. The lowest BCUT2D eigenvalue weighted by Gasteiger charge is -2.12. The summed E-state index contributed by atoms with van der Waals surface area (Å²) < 4.78 is 5.71. The first-order valence-electron chi connectivity index (χ1n) is 7.39. The van der Waals surface area contributed by atoms with E-state index in [-0.39, 0.29) is 5.91 Å². The Morgan fingerprint density at radius 3 is 2.55 bits per heavy atom. The Morgan fingerprint density at radius 2 is 1.82 bits per heavy atom. The molecule has 4 heteroatoms. The van der Waals surface area contributed by atoms with E-state index in [0.717, 1.165) is 11.3 Å². The largest absolute Gasteiger partial charge is 0.489 e. The van der Waals surface area contributed by atoms with E-state index in [1.54, 1.807) is 13.0 Å². The zero-order valence-electron chi connectivity index (χ0n) is 12.7. The number of aliphatic hydroxyl groups excluding tert-OH is 1. The molecular formula is C18H21NO3. The van der Waals surface area contributed by atoms with Gasteiger partial charge in [-0.3, -0.25) is 4.79 Å². The number of nitrogens with one attached hydrogen (secondary N) is 1. The van der Waals surface area contributed by atoms with Crippen LogP contribution in [0, 0.1) is 0 Å². The van der Waals surface area contributed by atoms with Crippen LogP contribution in [0.25, 0.3) is 0 Å². The highest BCUT2D eigenvalue weighted by Crippen LogP contribution is 2.14. The summed E-state index contributed by atoms with van der Waals surface area (Å²) in [6.07, 6.45) is 0.117. The fraction of sp³-hybridized carbons (Fsp3) is 0.278. The smallest absolute Gasteiger partial charge is 0.251 e. The molecule has 0 aromatic heterocycles. The minimum Gasteiger partial charge on any atom is -0.489 e. The lowest BCUT2D eigenvalue weighted by molar-refractivity contribution is 0.0943. The molecule has 0 aliphatic rings. The number of benzene rings is 2. The third-order valence-corrected chi connectivity index (χ3v) is 3.25. The number of carbonyl (C=O) groups excluding carboxylic acids is 1. The molecule has 2 N–H and O–H groups in total. The van der Waals surface area contributed by atoms with Crippen LogP contribution in [0.4, 0.5) is 0 Å². The van der Waals surface area contributed by atoms with Crippen LogP contribution in [0.1, 0.15) is 29.3 Å². The second-order valence-corrected chi connectivity index (χ2v) is 5.15. The van der Waals surface area contributed by atoms with Gasteiger partial charge >= 0.3 is 0 Å². The highest BCUT2D eigenvalue weighted by molar-refractivity contribution is 5.95. The van der Waals surface area contributed by atoms with Crippen LogP contribution >= 0.6 is 0 Å². The molecule has 0 aliphatic heterocycles. The van der Waals surface area contributed by atoms with Crippen molar-refractivity contribution < 1.29 is 14.6 Å². The highest BCUT2D eigenvalue weighted by Gasteiger charge is 2.11. The second-order valence-electron chi connectivity index (χ2n) is 5.15. The van der Waals surface area contributed by atoms with Crippen LogP contribution in [-0.2, 0) is 6.61 Å². The Balaban J connectivity index is 1.98. The van der Waals surface area contributed by atoms with Crippen LogP contribution in [0.5, 0.6) is 5.75 Å². The van der Waals surface area contributed by atoms with Crippen molar-refractivity contribution in [2.45, 2.75) is 26.1 Å². The number of hydrogen-bond donors (Lipinski definition) is 2. The van der Waals surface area contributed by atoms with Crippen molar-refractivity contribution in [3.8, 4) is 5.75 Å². The van der Waals surface area contributed by atoms with Gasteiger partial charge < -0.3 is 15.2 Å². The van der Waals surface area contributed by atoms with E-state index in [9.17, 15) is 9.90 Å². The van der Waals surface area contributed by atoms with Gasteiger partial charge in [0, 0.05) is 17.7 Å². The molecule has 0 bridgehead atoms.